The summed E-state index contributed by atoms with van der Waals surface area (Å²) in [5.74, 6) is -0.950. The quantitative estimate of drug-likeness (QED) is 0.707. The molecule has 0 unspecified atom stereocenters. The number of thiazole rings is 1. The van der Waals surface area contributed by atoms with Crippen LogP contribution >= 0.6 is 11.3 Å². The largest absolute Gasteiger partial charge is 0.435 e. The molecule has 1 aromatic carbocycles. The van der Waals surface area contributed by atoms with E-state index in [1.165, 1.54) is 6.20 Å². The van der Waals surface area contributed by atoms with Crippen molar-refractivity contribution in [1.29, 1.82) is 0 Å². The lowest BCUT2D eigenvalue weighted by Crippen LogP contribution is -2.30. The van der Waals surface area contributed by atoms with Crippen molar-refractivity contribution in [2.24, 2.45) is 0 Å². The van der Waals surface area contributed by atoms with Gasteiger partial charge in [-0.1, -0.05) is 18.2 Å². The highest BCUT2D eigenvalue weighted by Gasteiger charge is 2.39. The molecule has 0 saturated heterocycles. The second-order valence-electron chi connectivity index (χ2n) is 4.59. The lowest BCUT2D eigenvalue weighted by atomic mass is 10.2. The zero-order valence-corrected chi connectivity index (χ0v) is 12.7. The number of hydrogen-bond donors (Lipinski definition) is 2. The first-order valence-electron chi connectivity index (χ1n) is 6.63. The standard InChI is InChI=1S/C14H10F3N5OS/c15-14(16,17)11-10(8-22(21-11)13-18-6-7-24-13)12(23)20-19-9-4-2-1-3-5-9/h1-8,19H,(H,20,23). The molecule has 2 aromatic heterocycles. The monoisotopic (exact) mass is 353 g/mol. The molecular weight excluding hydrogens is 343 g/mol. The molecule has 2 N–H and O–H groups in total. The smallest absolute Gasteiger partial charge is 0.298 e. The van der Waals surface area contributed by atoms with E-state index in [2.05, 4.69) is 20.9 Å². The van der Waals surface area contributed by atoms with Gasteiger partial charge in [-0.3, -0.25) is 15.6 Å². The maximum Gasteiger partial charge on any atom is 0.435 e. The minimum atomic E-state index is -4.76. The minimum Gasteiger partial charge on any atom is -0.298 e. The summed E-state index contributed by atoms with van der Waals surface area (Å²) in [4.78, 5) is 16.0. The second kappa shape index (κ2) is 6.32. The first-order chi connectivity index (χ1) is 11.4. The summed E-state index contributed by atoms with van der Waals surface area (Å²) >= 11 is 1.11. The number of para-hydroxylation sites is 1. The molecule has 1 amide bonds. The number of anilines is 1. The van der Waals surface area contributed by atoms with Crippen molar-refractivity contribution in [2.75, 3.05) is 5.43 Å². The van der Waals surface area contributed by atoms with Gasteiger partial charge in [0.1, 0.15) is 0 Å². The third-order valence-electron chi connectivity index (χ3n) is 2.94. The van der Waals surface area contributed by atoms with Crippen LogP contribution in [0.3, 0.4) is 0 Å². The van der Waals surface area contributed by atoms with E-state index in [0.29, 0.717) is 5.69 Å². The van der Waals surface area contributed by atoms with Crippen molar-refractivity contribution in [1.82, 2.24) is 20.2 Å². The summed E-state index contributed by atoms with van der Waals surface area (Å²) in [6, 6.07) is 8.52. The molecule has 6 nitrogen and oxygen atoms in total. The maximum absolute atomic E-state index is 13.1. The fraction of sp³-hybridized carbons (Fsp3) is 0.0714. The Morgan fingerprint density at radius 3 is 2.58 bits per heavy atom. The Morgan fingerprint density at radius 2 is 1.96 bits per heavy atom. The number of halogens is 3. The predicted molar refractivity (Wildman–Crippen MR) is 81.8 cm³/mol. The van der Waals surface area contributed by atoms with Gasteiger partial charge in [-0.05, 0) is 12.1 Å². The Morgan fingerprint density at radius 1 is 1.21 bits per heavy atom. The third-order valence-corrected chi connectivity index (χ3v) is 3.70. The van der Waals surface area contributed by atoms with E-state index in [9.17, 15) is 18.0 Å². The summed E-state index contributed by atoms with van der Waals surface area (Å²) in [5.41, 5.74) is 3.44. The van der Waals surface area contributed by atoms with Crippen LogP contribution in [0, 0.1) is 0 Å². The van der Waals surface area contributed by atoms with Crippen LogP contribution in [0.2, 0.25) is 0 Å². The lowest BCUT2D eigenvalue weighted by Gasteiger charge is -2.09. The predicted octanol–water partition coefficient (Wildman–Crippen LogP) is 3.10. The number of aromatic nitrogens is 3. The number of hydrogen-bond acceptors (Lipinski definition) is 5. The average molecular weight is 353 g/mol. The minimum absolute atomic E-state index is 0.232. The molecule has 2 heterocycles. The van der Waals surface area contributed by atoms with Gasteiger partial charge >= 0.3 is 6.18 Å². The highest BCUT2D eigenvalue weighted by atomic mass is 32.1. The van der Waals surface area contributed by atoms with Gasteiger partial charge in [-0.2, -0.15) is 18.3 Å². The number of nitrogens with one attached hydrogen (secondary N) is 2. The molecule has 0 atom stereocenters. The molecule has 0 aliphatic heterocycles. The molecule has 0 spiro atoms. The van der Waals surface area contributed by atoms with Gasteiger partial charge in [0.15, 0.2) is 5.69 Å². The normalized spacial score (nSPS) is 11.3. The summed E-state index contributed by atoms with van der Waals surface area (Å²) in [6.45, 7) is 0. The van der Waals surface area contributed by atoms with Crippen LogP contribution in [0.1, 0.15) is 16.1 Å². The SMILES string of the molecule is O=C(NNc1ccccc1)c1cn(-c2nccs2)nc1C(F)(F)F. The molecule has 24 heavy (non-hydrogen) atoms. The molecule has 124 valence electrons. The highest BCUT2D eigenvalue weighted by molar-refractivity contribution is 7.12. The van der Waals surface area contributed by atoms with E-state index in [4.69, 9.17) is 0 Å². The van der Waals surface area contributed by atoms with Crippen molar-refractivity contribution in [2.45, 2.75) is 6.18 Å². The van der Waals surface area contributed by atoms with Gasteiger partial charge in [0.05, 0.1) is 11.3 Å². The van der Waals surface area contributed by atoms with Crippen LogP contribution in [-0.4, -0.2) is 20.7 Å². The number of rotatable bonds is 4. The Bertz CT molecular complexity index is 830. The van der Waals surface area contributed by atoms with Gasteiger partial charge in [-0.25, -0.2) is 9.67 Å². The fourth-order valence-corrected chi connectivity index (χ4v) is 2.46. The molecule has 3 aromatic rings. The van der Waals surface area contributed by atoms with E-state index in [1.54, 1.807) is 35.7 Å². The third kappa shape index (κ3) is 3.38. The number of nitrogens with zero attached hydrogens (tertiary/aromatic N) is 3. The summed E-state index contributed by atoms with van der Waals surface area (Å²) in [7, 11) is 0. The lowest BCUT2D eigenvalue weighted by molar-refractivity contribution is -0.141. The van der Waals surface area contributed by atoms with E-state index in [0.717, 1.165) is 22.2 Å². The highest BCUT2D eigenvalue weighted by Crippen LogP contribution is 2.31. The van der Waals surface area contributed by atoms with Gasteiger partial charge in [-0.15, -0.1) is 11.3 Å². The molecule has 10 heteroatoms. The number of benzene rings is 1. The van der Waals surface area contributed by atoms with Gasteiger partial charge in [0.2, 0.25) is 5.13 Å². The molecule has 0 saturated carbocycles. The van der Waals surface area contributed by atoms with E-state index in [1.807, 2.05) is 0 Å². The summed E-state index contributed by atoms with van der Waals surface area (Å²) in [5, 5.41) is 5.28. The van der Waals surface area contributed by atoms with Gasteiger partial charge in [0, 0.05) is 17.8 Å². The van der Waals surface area contributed by atoms with Crippen LogP contribution in [-0.2, 0) is 6.18 Å². The number of amides is 1. The second-order valence-corrected chi connectivity index (χ2v) is 5.47. The Labute approximate surface area is 137 Å². The Hall–Kier alpha value is -2.88. The van der Waals surface area contributed by atoms with Crippen LogP contribution < -0.4 is 10.9 Å². The first-order valence-corrected chi connectivity index (χ1v) is 7.51. The zero-order valence-electron chi connectivity index (χ0n) is 11.9. The zero-order chi connectivity index (χ0) is 17.2. The number of carbonyl (C=O) groups excluding carboxylic acids is 1. The molecule has 0 aliphatic carbocycles. The van der Waals surface area contributed by atoms with E-state index in [-0.39, 0.29) is 5.13 Å². The van der Waals surface area contributed by atoms with Gasteiger partial charge in [0.25, 0.3) is 5.91 Å². The van der Waals surface area contributed by atoms with Crippen molar-refractivity contribution < 1.29 is 18.0 Å². The van der Waals surface area contributed by atoms with Crippen molar-refractivity contribution in [3.05, 3.63) is 59.4 Å². The number of hydrazine groups is 1. The fourth-order valence-electron chi connectivity index (χ4n) is 1.89. The Kier molecular flexibility index (Phi) is 4.21. The molecule has 3 rings (SSSR count). The molecule has 0 bridgehead atoms. The van der Waals surface area contributed by atoms with Crippen molar-refractivity contribution >= 4 is 22.9 Å². The van der Waals surface area contributed by atoms with Crippen LogP contribution in [0.25, 0.3) is 5.13 Å². The van der Waals surface area contributed by atoms with Crippen molar-refractivity contribution in [3.63, 3.8) is 0 Å². The Balaban J connectivity index is 1.86. The summed E-state index contributed by atoms with van der Waals surface area (Å²) < 4.78 is 40.3. The first kappa shape index (κ1) is 16.0. The maximum atomic E-state index is 13.1. The number of carbonyl (C=O) groups is 1. The number of alkyl halides is 3. The molecule has 0 aliphatic rings. The molecular formula is C14H10F3N5OS. The summed E-state index contributed by atoms with van der Waals surface area (Å²) in [6.07, 6.45) is -2.32. The van der Waals surface area contributed by atoms with Crippen molar-refractivity contribution in [3.8, 4) is 5.13 Å². The average Bonchev–Trinajstić information content (AvgIpc) is 3.21. The molecule has 0 fully saturated rings. The van der Waals surface area contributed by atoms with E-state index < -0.39 is 23.3 Å². The van der Waals surface area contributed by atoms with Crippen LogP contribution in [0.5, 0.6) is 0 Å². The van der Waals surface area contributed by atoms with E-state index >= 15 is 0 Å². The van der Waals surface area contributed by atoms with Crippen LogP contribution in [0.15, 0.2) is 48.1 Å². The topological polar surface area (TPSA) is 71.8 Å². The van der Waals surface area contributed by atoms with Gasteiger partial charge < -0.3 is 0 Å². The molecule has 0 radical (unpaired) electrons. The van der Waals surface area contributed by atoms with Crippen LogP contribution in [0.4, 0.5) is 18.9 Å².